The van der Waals surface area contributed by atoms with E-state index in [0.29, 0.717) is 17.8 Å². The summed E-state index contributed by atoms with van der Waals surface area (Å²) in [6, 6.07) is 0. The van der Waals surface area contributed by atoms with E-state index < -0.39 is 11.5 Å². The highest BCUT2D eigenvalue weighted by Gasteiger charge is 2.58. The van der Waals surface area contributed by atoms with Gasteiger partial charge in [0.05, 0.1) is 0 Å². The fraction of sp³-hybridized carbons (Fsp3) is 0.938. The minimum Gasteiger partial charge on any atom is -0.480 e. The molecule has 3 heteroatoms. The number of hydrogen-bond acceptors (Lipinski definition) is 2. The first-order valence-corrected chi connectivity index (χ1v) is 7.91. The lowest BCUT2D eigenvalue weighted by molar-refractivity contribution is -0.167. The van der Waals surface area contributed by atoms with Crippen molar-refractivity contribution in [3.8, 4) is 0 Å². The molecule has 1 atom stereocenters. The van der Waals surface area contributed by atoms with Crippen LogP contribution in [0, 0.1) is 29.6 Å². The molecule has 4 fully saturated rings. The predicted octanol–water partition coefficient (Wildman–Crippen LogP) is 2.85. The van der Waals surface area contributed by atoms with Crippen LogP contribution in [0.4, 0.5) is 0 Å². The summed E-state index contributed by atoms with van der Waals surface area (Å²) in [6.07, 6.45) is 6.58. The molecule has 4 rings (SSSR count). The van der Waals surface area contributed by atoms with E-state index >= 15 is 0 Å². The zero-order chi connectivity index (χ0) is 13.8. The standard InChI is InChI=1S/C16H27NO2/c1-4-17(3)16(2,15(18)19)14-12-6-10-5-11(8-12)9-13(14)7-10/h10-14H,4-9H2,1-3H3,(H,18,19). The highest BCUT2D eigenvalue weighted by atomic mass is 16.4. The van der Waals surface area contributed by atoms with Crippen molar-refractivity contribution in [1.82, 2.24) is 4.90 Å². The number of nitrogens with zero attached hydrogens (tertiary/aromatic N) is 1. The molecule has 0 radical (unpaired) electrons. The molecule has 0 amide bonds. The molecular weight excluding hydrogens is 238 g/mol. The van der Waals surface area contributed by atoms with E-state index in [0.717, 1.165) is 18.4 Å². The fourth-order valence-corrected chi connectivity index (χ4v) is 5.73. The lowest BCUT2D eigenvalue weighted by atomic mass is 9.48. The predicted molar refractivity (Wildman–Crippen MR) is 74.9 cm³/mol. The van der Waals surface area contributed by atoms with Gasteiger partial charge in [-0.15, -0.1) is 0 Å². The van der Waals surface area contributed by atoms with Crippen LogP contribution in [0.2, 0.25) is 0 Å². The fourth-order valence-electron chi connectivity index (χ4n) is 5.73. The molecule has 4 saturated carbocycles. The average Bonchev–Trinajstić information content (AvgIpc) is 2.35. The lowest BCUT2D eigenvalue weighted by Gasteiger charge is -2.59. The first-order chi connectivity index (χ1) is 8.96. The Hall–Kier alpha value is -0.570. The maximum atomic E-state index is 12.0. The van der Waals surface area contributed by atoms with E-state index in [-0.39, 0.29) is 0 Å². The Balaban J connectivity index is 1.93. The Morgan fingerprint density at radius 1 is 1.16 bits per heavy atom. The number of carboxylic acid groups (broad SMARTS) is 1. The third kappa shape index (κ3) is 1.84. The van der Waals surface area contributed by atoms with E-state index in [1.54, 1.807) is 0 Å². The van der Waals surface area contributed by atoms with Crippen LogP contribution in [-0.4, -0.2) is 35.1 Å². The van der Waals surface area contributed by atoms with Gasteiger partial charge in [0.25, 0.3) is 0 Å². The van der Waals surface area contributed by atoms with Crippen LogP contribution in [0.3, 0.4) is 0 Å². The Labute approximate surface area is 116 Å². The smallest absolute Gasteiger partial charge is 0.324 e. The number of rotatable bonds is 4. The SMILES string of the molecule is CCN(C)C(C)(C(=O)O)C1C2CC3CC(C2)CC1C3. The van der Waals surface area contributed by atoms with E-state index in [9.17, 15) is 9.90 Å². The quantitative estimate of drug-likeness (QED) is 0.849. The van der Waals surface area contributed by atoms with E-state index in [1.807, 2.05) is 14.0 Å². The Kier molecular flexibility index (Phi) is 3.16. The van der Waals surface area contributed by atoms with Gasteiger partial charge >= 0.3 is 5.97 Å². The third-order valence-electron chi connectivity index (χ3n) is 6.58. The van der Waals surface area contributed by atoms with Crippen LogP contribution in [0.15, 0.2) is 0 Å². The molecule has 0 aliphatic heterocycles. The van der Waals surface area contributed by atoms with Crippen LogP contribution in [-0.2, 0) is 4.79 Å². The zero-order valence-electron chi connectivity index (χ0n) is 12.4. The van der Waals surface area contributed by atoms with Gasteiger partial charge in [-0.05, 0) is 82.2 Å². The van der Waals surface area contributed by atoms with Crippen molar-refractivity contribution < 1.29 is 9.90 Å². The largest absolute Gasteiger partial charge is 0.480 e. The molecule has 1 unspecified atom stereocenters. The maximum absolute atomic E-state index is 12.0. The highest BCUT2D eigenvalue weighted by Crippen LogP contribution is 2.59. The summed E-state index contributed by atoms with van der Waals surface area (Å²) in [4.78, 5) is 14.1. The molecule has 0 spiro atoms. The Morgan fingerprint density at radius 3 is 2.00 bits per heavy atom. The van der Waals surface area contributed by atoms with Gasteiger partial charge in [0, 0.05) is 0 Å². The summed E-state index contributed by atoms with van der Waals surface area (Å²) in [5.41, 5.74) is -0.669. The topological polar surface area (TPSA) is 40.5 Å². The van der Waals surface area contributed by atoms with Gasteiger partial charge in [-0.25, -0.2) is 0 Å². The third-order valence-corrected chi connectivity index (χ3v) is 6.58. The van der Waals surface area contributed by atoms with Crippen molar-refractivity contribution in [1.29, 1.82) is 0 Å². The maximum Gasteiger partial charge on any atom is 0.324 e. The molecule has 4 bridgehead atoms. The minimum atomic E-state index is -0.669. The van der Waals surface area contributed by atoms with Gasteiger partial charge in [-0.1, -0.05) is 6.92 Å². The van der Waals surface area contributed by atoms with Gasteiger partial charge in [0.2, 0.25) is 0 Å². The molecule has 0 saturated heterocycles. The molecule has 3 nitrogen and oxygen atoms in total. The van der Waals surface area contributed by atoms with Crippen molar-refractivity contribution in [3.63, 3.8) is 0 Å². The Morgan fingerprint density at radius 2 is 1.63 bits per heavy atom. The number of carbonyl (C=O) groups is 1. The second-order valence-corrected chi connectivity index (χ2v) is 7.42. The second-order valence-electron chi connectivity index (χ2n) is 7.42. The van der Waals surface area contributed by atoms with Crippen molar-refractivity contribution in [2.24, 2.45) is 29.6 Å². The summed E-state index contributed by atoms with van der Waals surface area (Å²) in [5.74, 6) is 2.88. The van der Waals surface area contributed by atoms with Gasteiger partial charge in [-0.3, -0.25) is 9.69 Å². The van der Waals surface area contributed by atoms with Gasteiger partial charge in [0.15, 0.2) is 0 Å². The molecule has 0 aromatic heterocycles. The molecule has 19 heavy (non-hydrogen) atoms. The van der Waals surface area contributed by atoms with Crippen LogP contribution >= 0.6 is 0 Å². The summed E-state index contributed by atoms with van der Waals surface area (Å²) in [7, 11) is 1.99. The van der Waals surface area contributed by atoms with Crippen molar-refractivity contribution in [2.45, 2.75) is 51.5 Å². The normalized spacial score (nSPS) is 43.5. The number of likely N-dealkylation sites (N-methyl/N-ethyl adjacent to an activating group) is 1. The number of hydrogen-bond donors (Lipinski definition) is 1. The van der Waals surface area contributed by atoms with Crippen LogP contribution in [0.25, 0.3) is 0 Å². The molecule has 0 aromatic rings. The van der Waals surface area contributed by atoms with E-state index in [4.69, 9.17) is 0 Å². The molecule has 4 aliphatic rings. The molecule has 0 heterocycles. The van der Waals surface area contributed by atoms with Gasteiger partial charge in [0.1, 0.15) is 5.54 Å². The van der Waals surface area contributed by atoms with Crippen LogP contribution < -0.4 is 0 Å². The average molecular weight is 265 g/mol. The summed E-state index contributed by atoms with van der Waals surface area (Å²) >= 11 is 0. The summed E-state index contributed by atoms with van der Waals surface area (Å²) in [6.45, 7) is 4.86. The molecule has 0 aromatic carbocycles. The molecular formula is C16H27NO2. The molecule has 4 aliphatic carbocycles. The zero-order valence-corrected chi connectivity index (χ0v) is 12.4. The van der Waals surface area contributed by atoms with E-state index in [2.05, 4.69) is 11.8 Å². The van der Waals surface area contributed by atoms with Gasteiger partial charge < -0.3 is 5.11 Å². The van der Waals surface area contributed by atoms with Crippen molar-refractivity contribution >= 4 is 5.97 Å². The second kappa shape index (κ2) is 4.47. The number of aliphatic carboxylic acids is 1. The van der Waals surface area contributed by atoms with Crippen LogP contribution in [0.1, 0.15) is 46.0 Å². The summed E-state index contributed by atoms with van der Waals surface area (Å²) < 4.78 is 0. The Bertz CT molecular complexity index is 353. The van der Waals surface area contributed by atoms with Gasteiger partial charge in [-0.2, -0.15) is 0 Å². The first-order valence-electron chi connectivity index (χ1n) is 7.91. The highest BCUT2D eigenvalue weighted by molar-refractivity contribution is 5.79. The summed E-state index contributed by atoms with van der Waals surface area (Å²) in [5, 5.41) is 9.88. The van der Waals surface area contributed by atoms with Crippen LogP contribution in [0.5, 0.6) is 0 Å². The monoisotopic (exact) mass is 265 g/mol. The van der Waals surface area contributed by atoms with E-state index in [1.165, 1.54) is 32.1 Å². The van der Waals surface area contributed by atoms with Crippen molar-refractivity contribution in [2.75, 3.05) is 13.6 Å². The minimum absolute atomic E-state index is 0.364. The van der Waals surface area contributed by atoms with Crippen molar-refractivity contribution in [3.05, 3.63) is 0 Å². The first kappa shape index (κ1) is 13.4. The lowest BCUT2D eigenvalue weighted by Crippen LogP contribution is -2.63. The molecule has 108 valence electrons. The number of carboxylic acids is 1. The molecule has 1 N–H and O–H groups in total.